The fourth-order valence-electron chi connectivity index (χ4n) is 3.61. The van der Waals surface area contributed by atoms with Gasteiger partial charge >= 0.3 is 5.97 Å². The van der Waals surface area contributed by atoms with Crippen molar-refractivity contribution in [3.05, 3.63) is 30.1 Å². The van der Waals surface area contributed by atoms with E-state index in [1.165, 1.54) is 0 Å². The summed E-state index contributed by atoms with van der Waals surface area (Å²) in [7, 11) is 0. The largest absolute Gasteiger partial charge is 0.466 e. The van der Waals surface area contributed by atoms with Crippen LogP contribution in [0, 0.1) is 5.92 Å². The lowest BCUT2D eigenvalue weighted by Crippen LogP contribution is -2.28. The Morgan fingerprint density at radius 3 is 3.00 bits per heavy atom. The zero-order valence-electron chi connectivity index (χ0n) is 13.6. The summed E-state index contributed by atoms with van der Waals surface area (Å²) in [6.07, 6.45) is 4.18. The number of aliphatic hydroxyl groups excluding tert-OH is 1. The molecular weight excluding hydrogens is 308 g/mol. The maximum Gasteiger partial charge on any atom is 0.312 e. The van der Waals surface area contributed by atoms with E-state index in [2.05, 4.69) is 22.0 Å². The Balaban J connectivity index is 1.73. The van der Waals surface area contributed by atoms with Crippen molar-refractivity contribution in [3.8, 4) is 0 Å². The van der Waals surface area contributed by atoms with Crippen molar-refractivity contribution < 1.29 is 19.2 Å². The number of aromatic nitrogens is 2. The predicted molar refractivity (Wildman–Crippen MR) is 88.7 cm³/mol. The molecule has 1 aliphatic rings. The second-order valence-corrected chi connectivity index (χ2v) is 6.38. The van der Waals surface area contributed by atoms with Gasteiger partial charge in [0.2, 0.25) is 0 Å². The highest BCUT2D eigenvalue weighted by Crippen LogP contribution is 2.40. The van der Waals surface area contributed by atoms with Gasteiger partial charge in [0.25, 0.3) is 0 Å². The summed E-state index contributed by atoms with van der Waals surface area (Å²) in [5, 5.41) is 15.2. The van der Waals surface area contributed by atoms with Crippen LogP contribution in [0.2, 0.25) is 0 Å². The zero-order valence-corrected chi connectivity index (χ0v) is 13.6. The third-order valence-corrected chi connectivity index (χ3v) is 4.89. The van der Waals surface area contributed by atoms with E-state index >= 15 is 0 Å². The van der Waals surface area contributed by atoms with Gasteiger partial charge in [-0.25, -0.2) is 0 Å². The molecule has 0 atom stereocenters. The van der Waals surface area contributed by atoms with E-state index in [1.807, 2.05) is 12.1 Å². The van der Waals surface area contributed by atoms with Gasteiger partial charge in [-0.3, -0.25) is 4.79 Å². The summed E-state index contributed by atoms with van der Waals surface area (Å²) in [5.74, 6) is 0.111. The Kier molecular flexibility index (Phi) is 3.76. The summed E-state index contributed by atoms with van der Waals surface area (Å²) in [5.41, 5.74) is 2.41. The van der Waals surface area contributed by atoms with Crippen LogP contribution in [0.15, 0.2) is 28.9 Å². The van der Waals surface area contributed by atoms with Crippen molar-refractivity contribution in [1.29, 1.82) is 0 Å². The molecular formula is C18H20N2O4. The lowest BCUT2D eigenvalue weighted by Gasteiger charge is -2.35. The third kappa shape index (κ3) is 2.38. The molecule has 126 valence electrons. The quantitative estimate of drug-likeness (QED) is 0.729. The third-order valence-electron chi connectivity index (χ3n) is 4.89. The number of carbonyl (C=O) groups is 1. The van der Waals surface area contributed by atoms with Gasteiger partial charge in [-0.15, -0.1) is 0 Å². The second kappa shape index (κ2) is 5.94. The fourth-order valence-corrected chi connectivity index (χ4v) is 3.61. The summed E-state index contributed by atoms with van der Waals surface area (Å²) in [6, 6.07) is 6.40. The number of hydrogen-bond acceptors (Lipinski definition) is 5. The van der Waals surface area contributed by atoms with Gasteiger partial charge in [-0.2, -0.15) is 0 Å². The van der Waals surface area contributed by atoms with E-state index in [9.17, 15) is 9.90 Å². The first-order chi connectivity index (χ1) is 11.7. The summed E-state index contributed by atoms with van der Waals surface area (Å²) < 4.78 is 12.7. The lowest BCUT2D eigenvalue weighted by atomic mass is 9.80. The minimum absolute atomic E-state index is 0.112. The van der Waals surface area contributed by atoms with E-state index in [-0.39, 0.29) is 19.0 Å². The predicted octanol–water partition coefficient (Wildman–Crippen LogP) is 2.83. The molecule has 0 radical (unpaired) electrons. The molecule has 1 saturated carbocycles. The van der Waals surface area contributed by atoms with Gasteiger partial charge in [0, 0.05) is 29.7 Å². The average molecular weight is 328 g/mol. The van der Waals surface area contributed by atoms with E-state index in [0.717, 1.165) is 29.1 Å². The van der Waals surface area contributed by atoms with Crippen molar-refractivity contribution >= 4 is 27.8 Å². The van der Waals surface area contributed by atoms with E-state index in [1.54, 1.807) is 6.92 Å². The highest BCUT2D eigenvalue weighted by atomic mass is 16.5. The Morgan fingerprint density at radius 2 is 2.25 bits per heavy atom. The van der Waals surface area contributed by atoms with Crippen molar-refractivity contribution in [3.63, 3.8) is 0 Å². The smallest absolute Gasteiger partial charge is 0.312 e. The average Bonchev–Trinajstić information content (AvgIpc) is 3.11. The summed E-state index contributed by atoms with van der Waals surface area (Å²) in [6.45, 7) is 2.40. The van der Waals surface area contributed by atoms with Crippen molar-refractivity contribution in [1.82, 2.24) is 9.72 Å². The minimum atomic E-state index is -0.297. The summed E-state index contributed by atoms with van der Waals surface area (Å²) >= 11 is 0. The van der Waals surface area contributed by atoms with Crippen LogP contribution in [0.4, 0.5) is 0 Å². The molecule has 2 aromatic heterocycles. The first-order valence-corrected chi connectivity index (χ1v) is 8.35. The molecule has 0 unspecified atom stereocenters. The van der Waals surface area contributed by atoms with Crippen molar-refractivity contribution in [2.24, 2.45) is 5.92 Å². The zero-order chi connectivity index (χ0) is 16.7. The van der Waals surface area contributed by atoms with E-state index in [0.29, 0.717) is 29.8 Å². The summed E-state index contributed by atoms with van der Waals surface area (Å²) in [4.78, 5) is 11.8. The molecule has 0 aliphatic heterocycles. The SMILES string of the molecule is CCOC(=O)Cc1noc2ccc3c(ccn3C3CC(CO)C3)c12. The maximum atomic E-state index is 11.8. The van der Waals surface area contributed by atoms with Crippen LogP contribution in [0.1, 0.15) is 31.5 Å². The monoisotopic (exact) mass is 328 g/mol. The molecule has 0 saturated heterocycles. The molecule has 3 aromatic rings. The molecule has 0 spiro atoms. The van der Waals surface area contributed by atoms with Gasteiger partial charge in [-0.1, -0.05) is 5.16 Å². The highest BCUT2D eigenvalue weighted by molar-refractivity contribution is 6.06. The fraction of sp³-hybridized carbons (Fsp3) is 0.444. The standard InChI is InChI=1S/C18H20N2O4/c1-2-23-17(22)9-14-18-13-5-6-20(12-7-11(8-12)10-21)15(13)3-4-16(18)24-19-14/h3-6,11-12,21H,2,7-10H2,1H3. The minimum Gasteiger partial charge on any atom is -0.466 e. The number of hydrogen-bond donors (Lipinski definition) is 1. The Hall–Kier alpha value is -2.34. The number of esters is 1. The molecule has 0 bridgehead atoms. The molecule has 2 heterocycles. The number of carbonyl (C=O) groups excluding carboxylic acids is 1. The molecule has 1 aliphatic carbocycles. The first-order valence-electron chi connectivity index (χ1n) is 8.35. The molecule has 1 N–H and O–H groups in total. The van der Waals surface area contributed by atoms with Crippen LogP contribution in [0.5, 0.6) is 0 Å². The molecule has 4 rings (SSSR count). The number of nitrogens with zero attached hydrogens (tertiary/aromatic N) is 2. The van der Waals surface area contributed by atoms with Crippen molar-refractivity contribution in [2.75, 3.05) is 13.2 Å². The van der Waals surface area contributed by atoms with Crippen LogP contribution in [0.3, 0.4) is 0 Å². The van der Waals surface area contributed by atoms with Crippen LogP contribution in [-0.2, 0) is 16.0 Å². The van der Waals surface area contributed by atoms with E-state index in [4.69, 9.17) is 9.26 Å². The highest BCUT2D eigenvalue weighted by Gasteiger charge is 2.30. The number of aliphatic hydroxyl groups is 1. The molecule has 0 amide bonds. The molecule has 1 aromatic carbocycles. The van der Waals surface area contributed by atoms with E-state index < -0.39 is 0 Å². The van der Waals surface area contributed by atoms with Crippen LogP contribution in [-0.4, -0.2) is 34.0 Å². The van der Waals surface area contributed by atoms with Gasteiger partial charge in [-0.05, 0) is 43.9 Å². The molecule has 24 heavy (non-hydrogen) atoms. The molecule has 6 nitrogen and oxygen atoms in total. The number of rotatable bonds is 5. The number of benzene rings is 1. The number of fused-ring (bicyclic) bond motifs is 3. The Labute approximate surface area is 139 Å². The van der Waals surface area contributed by atoms with Crippen LogP contribution < -0.4 is 0 Å². The normalized spacial score (nSPS) is 20.4. The first kappa shape index (κ1) is 15.2. The topological polar surface area (TPSA) is 77.5 Å². The van der Waals surface area contributed by atoms with Gasteiger partial charge < -0.3 is 18.9 Å². The van der Waals surface area contributed by atoms with Crippen molar-refractivity contribution in [2.45, 2.75) is 32.2 Å². The molecule has 1 fully saturated rings. The maximum absolute atomic E-state index is 11.8. The lowest BCUT2D eigenvalue weighted by molar-refractivity contribution is -0.142. The Morgan fingerprint density at radius 1 is 1.42 bits per heavy atom. The number of ether oxygens (including phenoxy) is 1. The molecule has 6 heteroatoms. The van der Waals surface area contributed by atoms with Gasteiger partial charge in [0.05, 0.1) is 18.4 Å². The van der Waals surface area contributed by atoms with Gasteiger partial charge in [0.1, 0.15) is 5.69 Å². The van der Waals surface area contributed by atoms with Crippen LogP contribution in [0.25, 0.3) is 21.9 Å². The Bertz CT molecular complexity index is 889. The van der Waals surface area contributed by atoms with Crippen LogP contribution >= 0.6 is 0 Å². The van der Waals surface area contributed by atoms with Gasteiger partial charge in [0.15, 0.2) is 5.58 Å². The second-order valence-electron chi connectivity index (χ2n) is 6.38.